The van der Waals surface area contributed by atoms with Gasteiger partial charge in [0, 0.05) is 11.3 Å². The van der Waals surface area contributed by atoms with E-state index in [1.807, 2.05) is 6.08 Å². The molecule has 12 nitrogen and oxygen atoms in total. The number of nitrogens with zero attached hydrogens (tertiary/aromatic N) is 2. The van der Waals surface area contributed by atoms with Crippen molar-refractivity contribution >= 4 is 62.3 Å². The number of carbonyl (C=O) groups excluding carboxylic acids is 3. The van der Waals surface area contributed by atoms with Crippen LogP contribution in [0.2, 0.25) is 0 Å². The van der Waals surface area contributed by atoms with Crippen LogP contribution >= 0.6 is 23.1 Å². The van der Waals surface area contributed by atoms with Crippen LogP contribution in [0.4, 0.5) is 9.93 Å². The Hall–Kier alpha value is -3.62. The van der Waals surface area contributed by atoms with Gasteiger partial charge in [0.2, 0.25) is 0 Å². The summed E-state index contributed by atoms with van der Waals surface area (Å²) >= 11 is 2.53. The third-order valence-electron chi connectivity index (χ3n) is 6.60. The van der Waals surface area contributed by atoms with Crippen LogP contribution in [0.15, 0.2) is 41.6 Å². The second-order valence-electron chi connectivity index (χ2n) is 10.9. The number of nitrogens with two attached hydrogens (primary N) is 2. The van der Waals surface area contributed by atoms with Crippen LogP contribution in [0.3, 0.4) is 0 Å². The highest BCUT2D eigenvalue weighted by Crippen LogP contribution is 2.41. The summed E-state index contributed by atoms with van der Waals surface area (Å²) in [5.41, 5.74) is 10.7. The number of hydrogen-bond donors (Lipinski definition) is 5. The van der Waals surface area contributed by atoms with Crippen molar-refractivity contribution in [3.05, 3.63) is 47.2 Å². The van der Waals surface area contributed by atoms with E-state index in [1.54, 1.807) is 39.0 Å². The molecule has 3 heterocycles. The minimum Gasteiger partial charge on any atom is -0.477 e. The van der Waals surface area contributed by atoms with Crippen molar-refractivity contribution in [1.82, 2.24) is 20.5 Å². The molecule has 1 saturated heterocycles. The van der Waals surface area contributed by atoms with E-state index >= 15 is 0 Å². The van der Waals surface area contributed by atoms with Gasteiger partial charge in [-0.15, -0.1) is 11.8 Å². The maximum atomic E-state index is 13.7. The molecule has 3 amide bonds. The van der Waals surface area contributed by atoms with Crippen LogP contribution in [0.1, 0.15) is 39.2 Å². The predicted octanol–water partition coefficient (Wildman–Crippen LogP) is 2.22. The fraction of sp³-hybridized carbons (Fsp3) is 0.423. The number of β-lactam (4-membered cyclic amide) rings is 1. The number of nitrogens with one attached hydrogen (secondary N) is 2. The van der Waals surface area contributed by atoms with Crippen LogP contribution in [0.25, 0.3) is 10.2 Å². The maximum Gasteiger partial charge on any atom is 0.409 e. The number of alkyl carbamates (subject to hydrolysis) is 1. The van der Waals surface area contributed by atoms with E-state index in [4.69, 9.17) is 16.2 Å². The Balaban J connectivity index is 1.41. The van der Waals surface area contributed by atoms with Crippen LogP contribution in [-0.4, -0.2) is 61.6 Å². The van der Waals surface area contributed by atoms with Gasteiger partial charge in [-0.1, -0.05) is 29.6 Å². The van der Waals surface area contributed by atoms with Crippen LogP contribution in [-0.2, 0) is 24.8 Å². The van der Waals surface area contributed by atoms with Gasteiger partial charge in [-0.25, -0.2) is 14.6 Å². The lowest BCUT2D eigenvalue weighted by molar-refractivity contribution is -0.151. The third kappa shape index (κ3) is 5.38. The van der Waals surface area contributed by atoms with E-state index in [2.05, 4.69) is 15.6 Å². The number of aromatic nitrogens is 1. The van der Waals surface area contributed by atoms with E-state index in [-0.39, 0.29) is 11.3 Å². The van der Waals surface area contributed by atoms with Crippen molar-refractivity contribution in [3.63, 3.8) is 0 Å². The lowest BCUT2D eigenvalue weighted by atomic mass is 9.96. The van der Waals surface area contributed by atoms with E-state index < -0.39 is 46.6 Å². The molecule has 3 atom stereocenters. The van der Waals surface area contributed by atoms with Gasteiger partial charge in [-0.3, -0.25) is 25.5 Å². The van der Waals surface area contributed by atoms with Gasteiger partial charge in [-0.2, -0.15) is 0 Å². The number of thioether (sulfide) groups is 1. The molecule has 40 heavy (non-hydrogen) atoms. The number of benzene rings is 1. The molecule has 3 aliphatic rings. The van der Waals surface area contributed by atoms with Crippen molar-refractivity contribution < 1.29 is 29.0 Å². The summed E-state index contributed by atoms with van der Waals surface area (Å²) in [6.45, 7) is 5.00. The molecule has 0 spiro atoms. The summed E-state index contributed by atoms with van der Waals surface area (Å²) in [5.74, 6) is -1.85. The molecule has 5 rings (SSSR count). The second kappa shape index (κ2) is 10.1. The molecule has 1 aromatic carbocycles. The fourth-order valence-electron chi connectivity index (χ4n) is 4.48. The quantitative estimate of drug-likeness (QED) is 0.237. The van der Waals surface area contributed by atoms with Crippen LogP contribution in [0, 0.1) is 5.92 Å². The van der Waals surface area contributed by atoms with Gasteiger partial charge >= 0.3 is 12.1 Å². The summed E-state index contributed by atoms with van der Waals surface area (Å²) < 4.78 is 5.99. The van der Waals surface area contributed by atoms with Gasteiger partial charge in [-0.05, 0) is 57.2 Å². The minimum absolute atomic E-state index is 0.0877. The number of hydrogen-bond acceptors (Lipinski definition) is 10. The Morgan fingerprint density at radius 2 is 1.98 bits per heavy atom. The van der Waals surface area contributed by atoms with E-state index in [0.29, 0.717) is 32.6 Å². The molecule has 2 unspecified atom stereocenters. The zero-order valence-corrected chi connectivity index (χ0v) is 23.7. The Morgan fingerprint density at radius 1 is 1.25 bits per heavy atom. The van der Waals surface area contributed by atoms with Crippen LogP contribution in [0.5, 0.6) is 0 Å². The number of fused-ring (bicyclic) bond motifs is 2. The Bertz CT molecular complexity index is 1480. The minimum atomic E-state index is -2.14. The van der Waals surface area contributed by atoms with Gasteiger partial charge in [0.05, 0.1) is 10.2 Å². The largest absolute Gasteiger partial charge is 0.477 e. The van der Waals surface area contributed by atoms with Crippen LogP contribution < -0.4 is 22.1 Å². The van der Waals surface area contributed by atoms with Crippen molar-refractivity contribution in [1.29, 1.82) is 0 Å². The Kier molecular flexibility index (Phi) is 7.04. The van der Waals surface area contributed by atoms with Crippen molar-refractivity contribution in [2.75, 3.05) is 11.5 Å². The number of amides is 3. The summed E-state index contributed by atoms with van der Waals surface area (Å²) in [6.07, 6.45) is 4.95. The number of anilines is 1. The SMILES string of the molecule is CC(C)(C)OC(=O)NC(N)(C(=O)NC1C(=O)N2C(C(=O)O)=C(/C=C\C3CC3)CS[C@@H]12)c1ccc2nc(N)sc2c1. The van der Waals surface area contributed by atoms with Crippen molar-refractivity contribution in [2.45, 2.75) is 56.3 Å². The zero-order chi connectivity index (χ0) is 29.0. The molecule has 2 aliphatic heterocycles. The highest BCUT2D eigenvalue weighted by molar-refractivity contribution is 8.00. The average Bonchev–Trinajstić information content (AvgIpc) is 3.61. The highest BCUT2D eigenvalue weighted by Gasteiger charge is 2.55. The Labute approximate surface area is 238 Å². The lowest BCUT2D eigenvalue weighted by Gasteiger charge is -2.49. The first-order valence-corrected chi connectivity index (χ1v) is 14.5. The van der Waals surface area contributed by atoms with Gasteiger partial charge in [0.1, 0.15) is 22.7 Å². The number of carboxylic acids is 1. The zero-order valence-electron chi connectivity index (χ0n) is 22.1. The van der Waals surface area contributed by atoms with Crippen molar-refractivity contribution in [2.24, 2.45) is 11.7 Å². The maximum absolute atomic E-state index is 13.7. The van der Waals surface area contributed by atoms with Gasteiger partial charge in [0.25, 0.3) is 11.8 Å². The first-order chi connectivity index (χ1) is 18.8. The summed E-state index contributed by atoms with van der Waals surface area (Å²) in [6, 6.07) is 3.70. The highest BCUT2D eigenvalue weighted by atomic mass is 32.2. The molecule has 0 radical (unpaired) electrons. The number of rotatable bonds is 7. The summed E-state index contributed by atoms with van der Waals surface area (Å²) in [4.78, 5) is 57.2. The monoisotopic (exact) mass is 586 g/mol. The smallest absolute Gasteiger partial charge is 0.409 e. The van der Waals surface area contributed by atoms with E-state index in [1.165, 1.54) is 34.1 Å². The first-order valence-electron chi connectivity index (χ1n) is 12.6. The number of carboxylic acid groups (broad SMARTS) is 1. The second-order valence-corrected chi connectivity index (χ2v) is 13.1. The standard InChI is InChI=1S/C26H30N6O6S2/c1-25(2,3)38-24(37)31-26(28,14-8-9-15-16(10-14)40-23(27)29-15)22(36)30-17-19(33)32-18(21(34)35)13(11-39-20(17)32)7-6-12-4-5-12/h6-10,12,17,20H,4-5,11,28H2,1-3H3,(H2,27,29)(H,30,36)(H,31,37)(H,34,35)/b7-6-/t17?,20-,26?/m0/s1. The van der Waals surface area contributed by atoms with Gasteiger partial charge in [0.15, 0.2) is 10.8 Å². The molecular weight excluding hydrogens is 556 g/mol. The molecule has 1 aliphatic carbocycles. The summed E-state index contributed by atoms with van der Waals surface area (Å²) in [7, 11) is 0. The Morgan fingerprint density at radius 3 is 2.62 bits per heavy atom. The van der Waals surface area contributed by atoms with Gasteiger partial charge < -0.3 is 20.9 Å². The fourth-order valence-corrected chi connectivity index (χ4v) is 6.57. The molecule has 7 N–H and O–H groups in total. The number of nitrogen functional groups attached to an aromatic ring is 1. The van der Waals surface area contributed by atoms with E-state index in [0.717, 1.165) is 12.8 Å². The molecule has 1 saturated carbocycles. The molecule has 14 heteroatoms. The molecular formula is C26H30N6O6S2. The molecule has 0 bridgehead atoms. The number of aliphatic carboxylic acids is 1. The average molecular weight is 587 g/mol. The molecule has 212 valence electrons. The molecule has 2 aromatic rings. The topological polar surface area (TPSA) is 190 Å². The summed E-state index contributed by atoms with van der Waals surface area (Å²) in [5, 5.41) is 14.7. The number of carbonyl (C=O) groups is 4. The van der Waals surface area contributed by atoms with Crippen molar-refractivity contribution in [3.8, 4) is 0 Å². The third-order valence-corrected chi connectivity index (χ3v) is 8.74. The predicted molar refractivity (Wildman–Crippen MR) is 151 cm³/mol. The molecule has 2 fully saturated rings. The number of ether oxygens (including phenoxy) is 1. The molecule has 1 aromatic heterocycles. The number of allylic oxidation sites excluding steroid dienone is 2. The van der Waals surface area contributed by atoms with E-state index in [9.17, 15) is 24.3 Å². The lowest BCUT2D eigenvalue weighted by Crippen LogP contribution is -2.74. The first kappa shape index (κ1) is 27.9. The normalized spacial score (nSPS) is 22.5. The number of thiazole rings is 1.